The number of ether oxygens (including phenoxy) is 1. The van der Waals surface area contributed by atoms with Crippen molar-refractivity contribution < 1.29 is 13.5 Å². The first-order valence-corrected chi connectivity index (χ1v) is 7.07. The number of benzene rings is 1. The number of hydrogen-bond donors (Lipinski definition) is 2. The largest absolute Gasteiger partial charge is 0.435 e. The number of hydrogen-bond acceptors (Lipinski definition) is 2. The van der Waals surface area contributed by atoms with E-state index in [-0.39, 0.29) is 5.75 Å². The first-order chi connectivity index (χ1) is 10.5. The average Bonchev–Trinajstić information content (AvgIpc) is 2.78. The number of anilines is 1. The fourth-order valence-corrected chi connectivity index (χ4v) is 2.10. The zero-order valence-corrected chi connectivity index (χ0v) is 13.1. The summed E-state index contributed by atoms with van der Waals surface area (Å²) in [5, 5.41) is 6.54. The molecule has 0 spiro atoms. The maximum atomic E-state index is 12.1. The van der Waals surface area contributed by atoms with Crippen molar-refractivity contribution in [2.45, 2.75) is 20.1 Å². The molecule has 2 rings (SSSR count). The Morgan fingerprint density at radius 3 is 2.45 bits per heavy atom. The van der Waals surface area contributed by atoms with Gasteiger partial charge in [0.05, 0.1) is 6.54 Å². The highest BCUT2D eigenvalue weighted by molar-refractivity contribution is 7.80. The van der Waals surface area contributed by atoms with Crippen LogP contribution in [0.4, 0.5) is 14.5 Å². The normalized spacial score (nSPS) is 10.6. The molecule has 0 bridgehead atoms. The second kappa shape index (κ2) is 7.22. The first-order valence-electron chi connectivity index (χ1n) is 6.66. The van der Waals surface area contributed by atoms with Gasteiger partial charge in [0.15, 0.2) is 5.11 Å². The van der Waals surface area contributed by atoms with E-state index in [2.05, 4.69) is 19.9 Å². The van der Waals surface area contributed by atoms with Gasteiger partial charge in [-0.25, -0.2) is 0 Å². The van der Waals surface area contributed by atoms with Crippen LogP contribution in [-0.4, -0.2) is 16.3 Å². The molecule has 0 fully saturated rings. The summed E-state index contributed by atoms with van der Waals surface area (Å²) in [6.07, 6.45) is 0. The molecule has 22 heavy (non-hydrogen) atoms. The number of halogens is 2. The van der Waals surface area contributed by atoms with Crippen LogP contribution in [0.15, 0.2) is 36.4 Å². The number of rotatable bonds is 5. The Balaban J connectivity index is 1.85. The molecule has 1 heterocycles. The fourth-order valence-electron chi connectivity index (χ4n) is 1.91. The van der Waals surface area contributed by atoms with E-state index in [9.17, 15) is 8.78 Å². The van der Waals surface area contributed by atoms with E-state index in [0.29, 0.717) is 17.3 Å². The number of nitrogens with one attached hydrogen (secondary N) is 2. The summed E-state index contributed by atoms with van der Waals surface area (Å²) in [5.74, 6) is 0.110. The highest BCUT2D eigenvalue weighted by Crippen LogP contribution is 2.17. The predicted molar refractivity (Wildman–Crippen MR) is 86.3 cm³/mol. The summed E-state index contributed by atoms with van der Waals surface area (Å²) in [7, 11) is 1.99. The molecule has 0 radical (unpaired) electrons. The van der Waals surface area contributed by atoms with Gasteiger partial charge in [-0.2, -0.15) is 8.78 Å². The van der Waals surface area contributed by atoms with Crippen LogP contribution < -0.4 is 15.4 Å². The zero-order chi connectivity index (χ0) is 16.1. The Kier molecular flexibility index (Phi) is 5.32. The van der Waals surface area contributed by atoms with E-state index in [1.54, 1.807) is 12.1 Å². The molecule has 0 amide bonds. The lowest BCUT2D eigenvalue weighted by atomic mass is 10.3. The van der Waals surface area contributed by atoms with Gasteiger partial charge in [-0.3, -0.25) is 0 Å². The summed E-state index contributed by atoms with van der Waals surface area (Å²) in [6.45, 7) is -0.193. The first kappa shape index (κ1) is 16.2. The lowest BCUT2D eigenvalue weighted by molar-refractivity contribution is -0.0498. The van der Waals surface area contributed by atoms with Crippen molar-refractivity contribution in [1.29, 1.82) is 0 Å². The molecule has 0 saturated heterocycles. The number of alkyl halides is 2. The van der Waals surface area contributed by atoms with Gasteiger partial charge in [0.25, 0.3) is 0 Å². The van der Waals surface area contributed by atoms with E-state index < -0.39 is 6.61 Å². The molecule has 0 atom stereocenters. The molecule has 1 aromatic heterocycles. The Bertz CT molecular complexity index is 641. The molecule has 2 N–H and O–H groups in total. The number of nitrogens with zero attached hydrogens (tertiary/aromatic N) is 1. The minimum Gasteiger partial charge on any atom is -0.435 e. The van der Waals surface area contributed by atoms with Crippen LogP contribution in [0.2, 0.25) is 0 Å². The second-order valence-electron chi connectivity index (χ2n) is 4.74. The Morgan fingerprint density at radius 1 is 1.23 bits per heavy atom. The van der Waals surface area contributed by atoms with Crippen LogP contribution in [0, 0.1) is 6.92 Å². The van der Waals surface area contributed by atoms with Gasteiger partial charge >= 0.3 is 6.61 Å². The lowest BCUT2D eigenvalue weighted by Crippen LogP contribution is -2.28. The van der Waals surface area contributed by atoms with E-state index in [0.717, 1.165) is 5.69 Å². The van der Waals surface area contributed by atoms with Crippen molar-refractivity contribution in [3.63, 3.8) is 0 Å². The van der Waals surface area contributed by atoms with Crippen LogP contribution in [0.1, 0.15) is 11.4 Å². The summed E-state index contributed by atoms with van der Waals surface area (Å²) < 4.78 is 30.5. The highest BCUT2D eigenvalue weighted by atomic mass is 32.1. The topological polar surface area (TPSA) is 38.2 Å². The van der Waals surface area contributed by atoms with Gasteiger partial charge in [-0.05, 0) is 55.5 Å². The number of aryl methyl sites for hydroxylation is 1. The Hall–Kier alpha value is -2.15. The van der Waals surface area contributed by atoms with Gasteiger partial charge in [0.2, 0.25) is 0 Å². The van der Waals surface area contributed by atoms with E-state index in [1.165, 1.54) is 17.8 Å². The average molecular weight is 325 g/mol. The summed E-state index contributed by atoms with van der Waals surface area (Å²) in [5.41, 5.74) is 2.98. The van der Waals surface area contributed by atoms with Gasteiger partial charge < -0.3 is 19.9 Å². The molecule has 4 nitrogen and oxygen atoms in total. The van der Waals surface area contributed by atoms with Crippen molar-refractivity contribution in [2.75, 3.05) is 5.32 Å². The monoisotopic (exact) mass is 325 g/mol. The van der Waals surface area contributed by atoms with Crippen molar-refractivity contribution >= 4 is 23.0 Å². The Morgan fingerprint density at radius 2 is 1.91 bits per heavy atom. The molecule has 0 aliphatic carbocycles. The highest BCUT2D eigenvalue weighted by Gasteiger charge is 2.05. The predicted octanol–water partition coefficient (Wildman–Crippen LogP) is 3.42. The molecular formula is C15H17F2N3OS. The quantitative estimate of drug-likeness (QED) is 0.826. The molecule has 2 aromatic rings. The summed E-state index contributed by atoms with van der Waals surface area (Å²) >= 11 is 5.21. The van der Waals surface area contributed by atoms with Gasteiger partial charge in [0.1, 0.15) is 5.75 Å². The van der Waals surface area contributed by atoms with Crippen molar-refractivity contribution in [3.8, 4) is 5.75 Å². The molecule has 0 unspecified atom stereocenters. The molecule has 0 aliphatic rings. The maximum Gasteiger partial charge on any atom is 0.387 e. The number of thiocarbonyl (C=S) groups is 1. The molecule has 0 aliphatic heterocycles. The lowest BCUT2D eigenvalue weighted by Gasteiger charge is -2.12. The van der Waals surface area contributed by atoms with Crippen LogP contribution in [0.25, 0.3) is 0 Å². The molecule has 1 aromatic carbocycles. The van der Waals surface area contributed by atoms with Gasteiger partial charge in [-0.1, -0.05) is 0 Å². The number of aromatic nitrogens is 1. The third kappa shape index (κ3) is 4.42. The summed E-state index contributed by atoms with van der Waals surface area (Å²) in [4.78, 5) is 0. The zero-order valence-electron chi connectivity index (χ0n) is 12.3. The molecular weight excluding hydrogens is 308 g/mol. The van der Waals surface area contributed by atoms with E-state index >= 15 is 0 Å². The van der Waals surface area contributed by atoms with Crippen LogP contribution in [0.5, 0.6) is 5.75 Å². The van der Waals surface area contributed by atoms with Gasteiger partial charge in [0, 0.05) is 24.1 Å². The molecule has 0 saturated carbocycles. The smallest absolute Gasteiger partial charge is 0.387 e. The third-order valence-electron chi connectivity index (χ3n) is 3.24. The SMILES string of the molecule is Cc1ccc(CNC(=S)Nc2ccc(OC(F)F)cc2)n1C. The molecule has 118 valence electrons. The molecule has 7 heteroatoms. The van der Waals surface area contributed by atoms with Crippen LogP contribution in [-0.2, 0) is 13.6 Å². The van der Waals surface area contributed by atoms with E-state index in [4.69, 9.17) is 12.2 Å². The van der Waals surface area contributed by atoms with Crippen molar-refractivity contribution in [3.05, 3.63) is 47.8 Å². The fraction of sp³-hybridized carbons (Fsp3) is 0.267. The minimum absolute atomic E-state index is 0.110. The van der Waals surface area contributed by atoms with Crippen molar-refractivity contribution in [1.82, 2.24) is 9.88 Å². The minimum atomic E-state index is -2.82. The standard InChI is InChI=1S/C15H17F2N3OS/c1-10-3-6-12(20(10)2)9-18-15(22)19-11-4-7-13(8-5-11)21-14(16)17/h3-8,14H,9H2,1-2H3,(H2,18,19,22). The third-order valence-corrected chi connectivity index (χ3v) is 3.49. The van der Waals surface area contributed by atoms with Gasteiger partial charge in [-0.15, -0.1) is 0 Å². The summed E-state index contributed by atoms with van der Waals surface area (Å²) in [6, 6.07) is 10.2. The van der Waals surface area contributed by atoms with Crippen LogP contribution in [0.3, 0.4) is 0 Å². The Labute approximate surface area is 133 Å². The van der Waals surface area contributed by atoms with Crippen LogP contribution >= 0.6 is 12.2 Å². The maximum absolute atomic E-state index is 12.1. The van der Waals surface area contributed by atoms with Crippen molar-refractivity contribution in [2.24, 2.45) is 7.05 Å². The second-order valence-corrected chi connectivity index (χ2v) is 5.14. The van der Waals surface area contributed by atoms with E-state index in [1.807, 2.05) is 26.1 Å².